The molecule has 1 aliphatic rings. The number of benzene rings is 1. The molecule has 2 aromatic rings. The van der Waals surface area contributed by atoms with Gasteiger partial charge in [0, 0.05) is 23.9 Å². The molecule has 6 heteroatoms. The molecule has 0 spiro atoms. The first-order valence-electron chi connectivity index (χ1n) is 8.20. The molecule has 1 aliphatic carbocycles. The molecule has 1 aromatic heterocycles. The summed E-state index contributed by atoms with van der Waals surface area (Å²) < 4.78 is 0. The van der Waals surface area contributed by atoms with E-state index in [1.807, 2.05) is 25.1 Å². The predicted molar refractivity (Wildman–Crippen MR) is 90.5 cm³/mol. The van der Waals surface area contributed by atoms with E-state index in [0.29, 0.717) is 17.6 Å². The molecule has 3 rings (SSSR count). The van der Waals surface area contributed by atoms with Gasteiger partial charge < -0.3 is 10.6 Å². The number of hydrogen-bond donors (Lipinski definition) is 3. The van der Waals surface area contributed by atoms with Crippen molar-refractivity contribution in [2.75, 3.05) is 5.32 Å². The number of rotatable bonds is 4. The Morgan fingerprint density at radius 2 is 2.00 bits per heavy atom. The lowest BCUT2D eigenvalue weighted by Crippen LogP contribution is -2.41. The van der Waals surface area contributed by atoms with Gasteiger partial charge >= 0.3 is 0 Å². The van der Waals surface area contributed by atoms with Crippen LogP contribution < -0.4 is 16.2 Å². The summed E-state index contributed by atoms with van der Waals surface area (Å²) in [5, 5.41) is 14.7. The molecule has 2 unspecified atom stereocenters. The van der Waals surface area contributed by atoms with Gasteiger partial charge in [0.25, 0.3) is 5.56 Å². The summed E-state index contributed by atoms with van der Waals surface area (Å²) in [6.07, 6.45) is 4.51. The van der Waals surface area contributed by atoms with Crippen LogP contribution in [0, 0.1) is 0 Å². The second-order valence-electron chi connectivity index (χ2n) is 6.07. The van der Waals surface area contributed by atoms with E-state index in [1.165, 1.54) is 0 Å². The highest BCUT2D eigenvalue weighted by atomic mass is 16.1. The van der Waals surface area contributed by atoms with Crippen LogP contribution in [0.1, 0.15) is 39.0 Å². The first kappa shape index (κ1) is 15.5. The molecule has 0 saturated heterocycles. The number of H-pyrrole nitrogens is 1. The molecule has 122 valence electrons. The summed E-state index contributed by atoms with van der Waals surface area (Å²) in [6, 6.07) is 7.90. The lowest BCUT2D eigenvalue weighted by molar-refractivity contribution is -0.121. The molecule has 1 fully saturated rings. The van der Waals surface area contributed by atoms with Gasteiger partial charge in [-0.1, -0.05) is 25.1 Å². The van der Waals surface area contributed by atoms with Gasteiger partial charge in [0.05, 0.1) is 5.39 Å². The maximum atomic E-state index is 11.8. The zero-order chi connectivity index (χ0) is 16.2. The fraction of sp³-hybridized carbons (Fsp3) is 0.471. The van der Waals surface area contributed by atoms with Crippen LogP contribution in [0.3, 0.4) is 0 Å². The van der Waals surface area contributed by atoms with E-state index in [2.05, 4.69) is 20.8 Å². The summed E-state index contributed by atoms with van der Waals surface area (Å²) in [4.78, 5) is 23.4. The van der Waals surface area contributed by atoms with Gasteiger partial charge in [-0.15, -0.1) is 0 Å². The maximum absolute atomic E-state index is 11.8. The second-order valence-corrected chi connectivity index (χ2v) is 6.07. The van der Waals surface area contributed by atoms with Gasteiger partial charge in [0.2, 0.25) is 5.91 Å². The fourth-order valence-electron chi connectivity index (χ4n) is 3.20. The Bertz CT molecular complexity index is 756. The highest BCUT2D eigenvalue weighted by Crippen LogP contribution is 2.24. The Kier molecular flexibility index (Phi) is 4.60. The second kappa shape index (κ2) is 6.81. The Morgan fingerprint density at radius 3 is 2.78 bits per heavy atom. The Hall–Kier alpha value is -2.37. The topological polar surface area (TPSA) is 86.9 Å². The third-order valence-corrected chi connectivity index (χ3v) is 4.40. The zero-order valence-corrected chi connectivity index (χ0v) is 13.3. The van der Waals surface area contributed by atoms with Gasteiger partial charge in [-0.3, -0.25) is 9.59 Å². The van der Waals surface area contributed by atoms with Crippen molar-refractivity contribution in [1.82, 2.24) is 15.5 Å². The molecule has 0 bridgehead atoms. The number of carbonyl (C=O) groups excluding carboxylic acids is 1. The van der Waals surface area contributed by atoms with Gasteiger partial charge in [-0.05, 0) is 31.7 Å². The Labute approximate surface area is 134 Å². The van der Waals surface area contributed by atoms with Crippen molar-refractivity contribution >= 4 is 22.5 Å². The number of carbonyl (C=O) groups is 1. The standard InChI is InChI=1S/C17H22N4O2/c1-2-15(22)18-11-6-5-7-12(10-11)19-16-13-8-3-4-9-14(13)17(23)21-20-16/h3-4,8-9,11-12H,2,5-7,10H2,1H3,(H,18,22)(H,19,20)(H,21,23). The van der Waals surface area contributed by atoms with Crippen LogP contribution in [0.2, 0.25) is 0 Å². The average molecular weight is 314 g/mol. The van der Waals surface area contributed by atoms with Crippen LogP contribution in [0.15, 0.2) is 29.1 Å². The first-order chi connectivity index (χ1) is 11.2. The minimum atomic E-state index is -0.178. The lowest BCUT2D eigenvalue weighted by Gasteiger charge is -2.30. The van der Waals surface area contributed by atoms with Crippen molar-refractivity contribution in [3.63, 3.8) is 0 Å². The molecule has 0 aliphatic heterocycles. The van der Waals surface area contributed by atoms with Crippen molar-refractivity contribution in [2.45, 2.75) is 51.1 Å². The molecule has 1 heterocycles. The number of nitrogens with zero attached hydrogens (tertiary/aromatic N) is 1. The summed E-state index contributed by atoms with van der Waals surface area (Å²) in [5.41, 5.74) is -0.178. The molecular formula is C17H22N4O2. The maximum Gasteiger partial charge on any atom is 0.272 e. The van der Waals surface area contributed by atoms with Crippen LogP contribution >= 0.6 is 0 Å². The van der Waals surface area contributed by atoms with Crippen LogP contribution in [-0.4, -0.2) is 28.2 Å². The minimum Gasteiger partial charge on any atom is -0.365 e. The van der Waals surface area contributed by atoms with Crippen molar-refractivity contribution in [1.29, 1.82) is 0 Å². The molecule has 3 N–H and O–H groups in total. The van der Waals surface area contributed by atoms with E-state index in [0.717, 1.165) is 31.1 Å². The van der Waals surface area contributed by atoms with Gasteiger partial charge in [0.1, 0.15) is 0 Å². The Morgan fingerprint density at radius 1 is 1.26 bits per heavy atom. The number of fused-ring (bicyclic) bond motifs is 1. The molecule has 1 saturated carbocycles. The number of anilines is 1. The number of aromatic nitrogens is 2. The van der Waals surface area contributed by atoms with Crippen molar-refractivity contribution in [3.8, 4) is 0 Å². The summed E-state index contributed by atoms with van der Waals surface area (Å²) in [6.45, 7) is 1.87. The largest absolute Gasteiger partial charge is 0.365 e. The van der Waals surface area contributed by atoms with Crippen LogP contribution in [0.25, 0.3) is 10.8 Å². The van der Waals surface area contributed by atoms with E-state index in [9.17, 15) is 9.59 Å². The number of hydrogen-bond acceptors (Lipinski definition) is 4. The van der Waals surface area contributed by atoms with E-state index in [4.69, 9.17) is 0 Å². The normalized spacial score (nSPS) is 21.1. The van der Waals surface area contributed by atoms with Gasteiger partial charge in [-0.25, -0.2) is 5.10 Å². The fourth-order valence-corrected chi connectivity index (χ4v) is 3.20. The number of amides is 1. The molecule has 1 aromatic carbocycles. The van der Waals surface area contributed by atoms with Crippen molar-refractivity contribution in [2.24, 2.45) is 0 Å². The molecule has 2 atom stereocenters. The first-order valence-corrected chi connectivity index (χ1v) is 8.20. The lowest BCUT2D eigenvalue weighted by atomic mass is 9.90. The van der Waals surface area contributed by atoms with E-state index in [1.54, 1.807) is 6.07 Å². The molecule has 0 radical (unpaired) electrons. The summed E-state index contributed by atoms with van der Waals surface area (Å²) in [5.74, 6) is 0.802. The Balaban J connectivity index is 1.76. The monoisotopic (exact) mass is 314 g/mol. The molecule has 1 amide bonds. The zero-order valence-electron chi connectivity index (χ0n) is 13.3. The predicted octanol–water partition coefficient (Wildman–Crippen LogP) is 2.17. The van der Waals surface area contributed by atoms with Gasteiger partial charge in [0.15, 0.2) is 5.82 Å². The van der Waals surface area contributed by atoms with Gasteiger partial charge in [-0.2, -0.15) is 5.10 Å². The summed E-state index contributed by atoms with van der Waals surface area (Å²) in [7, 11) is 0. The van der Waals surface area contributed by atoms with Crippen molar-refractivity contribution in [3.05, 3.63) is 34.6 Å². The van der Waals surface area contributed by atoms with E-state index < -0.39 is 0 Å². The van der Waals surface area contributed by atoms with Crippen LogP contribution in [0.4, 0.5) is 5.82 Å². The minimum absolute atomic E-state index is 0.100. The number of nitrogens with one attached hydrogen (secondary N) is 3. The molecular weight excluding hydrogens is 292 g/mol. The van der Waals surface area contributed by atoms with E-state index >= 15 is 0 Å². The SMILES string of the molecule is CCC(=O)NC1CCCC(Nc2n[nH]c(=O)c3ccccc23)C1. The quantitative estimate of drug-likeness (QED) is 0.807. The third-order valence-electron chi connectivity index (χ3n) is 4.40. The highest BCUT2D eigenvalue weighted by molar-refractivity contribution is 5.90. The average Bonchev–Trinajstić information content (AvgIpc) is 2.58. The number of aromatic amines is 1. The third kappa shape index (κ3) is 3.52. The van der Waals surface area contributed by atoms with Crippen molar-refractivity contribution < 1.29 is 4.79 Å². The van der Waals surface area contributed by atoms with Crippen LogP contribution in [-0.2, 0) is 4.79 Å². The smallest absolute Gasteiger partial charge is 0.272 e. The van der Waals surface area contributed by atoms with Crippen LogP contribution in [0.5, 0.6) is 0 Å². The van der Waals surface area contributed by atoms with E-state index in [-0.39, 0.29) is 23.6 Å². The molecule has 6 nitrogen and oxygen atoms in total. The summed E-state index contributed by atoms with van der Waals surface area (Å²) >= 11 is 0. The highest BCUT2D eigenvalue weighted by Gasteiger charge is 2.23. The molecule has 23 heavy (non-hydrogen) atoms.